The molecule has 0 saturated heterocycles. The lowest BCUT2D eigenvalue weighted by molar-refractivity contribution is 0.167. The first kappa shape index (κ1) is 11.4. The van der Waals surface area contributed by atoms with Crippen LogP contribution in [0.15, 0.2) is 30.2 Å². The van der Waals surface area contributed by atoms with Gasteiger partial charge in [-0.15, -0.1) is 0 Å². The van der Waals surface area contributed by atoms with Gasteiger partial charge in [-0.2, -0.15) is 0 Å². The molecule has 1 unspecified atom stereocenters. The molecule has 0 saturated carbocycles. The Labute approximate surface area is 99.4 Å². The second-order valence-electron chi connectivity index (χ2n) is 3.60. The molecule has 0 spiro atoms. The Kier molecular flexibility index (Phi) is 3.77. The van der Waals surface area contributed by atoms with Crippen molar-refractivity contribution in [3.8, 4) is 0 Å². The molecule has 1 aromatic heterocycles. The van der Waals surface area contributed by atoms with E-state index in [1.54, 1.807) is 12.3 Å². The van der Waals surface area contributed by atoms with Crippen molar-refractivity contribution in [2.45, 2.75) is 18.9 Å². The zero-order chi connectivity index (χ0) is 11.4. The molecule has 1 aliphatic heterocycles. The van der Waals surface area contributed by atoms with Gasteiger partial charge in [0.1, 0.15) is 11.8 Å². The number of allylic oxidation sites excluding steroid dienone is 1. The van der Waals surface area contributed by atoms with Gasteiger partial charge in [0.05, 0.1) is 17.3 Å². The molecule has 16 heavy (non-hydrogen) atoms. The summed E-state index contributed by atoms with van der Waals surface area (Å²) in [5.74, 6) is 6.37. The summed E-state index contributed by atoms with van der Waals surface area (Å²) in [6.07, 6.45) is 5.71. The van der Waals surface area contributed by atoms with Gasteiger partial charge in [-0.05, 0) is 31.1 Å². The lowest BCUT2D eigenvalue weighted by atomic mass is 10.1. The van der Waals surface area contributed by atoms with Crippen LogP contribution in [0.25, 0.3) is 0 Å². The van der Waals surface area contributed by atoms with Gasteiger partial charge in [0.15, 0.2) is 0 Å². The summed E-state index contributed by atoms with van der Waals surface area (Å²) in [6.45, 7) is 0.734. The van der Waals surface area contributed by atoms with Crippen molar-refractivity contribution in [3.63, 3.8) is 0 Å². The molecule has 4 nitrogen and oxygen atoms in total. The van der Waals surface area contributed by atoms with Crippen LogP contribution in [-0.4, -0.2) is 11.6 Å². The number of nitrogens with two attached hydrogens (primary N) is 1. The topological polar surface area (TPSA) is 60.2 Å². The lowest BCUT2D eigenvalue weighted by Crippen LogP contribution is -2.31. The van der Waals surface area contributed by atoms with Crippen LogP contribution < -0.4 is 11.3 Å². The summed E-state index contributed by atoms with van der Waals surface area (Å²) < 4.78 is 5.56. The minimum atomic E-state index is -0.197. The predicted octanol–water partition coefficient (Wildman–Crippen LogP) is 1.93. The van der Waals surface area contributed by atoms with Crippen molar-refractivity contribution < 1.29 is 4.74 Å². The highest BCUT2D eigenvalue weighted by molar-refractivity contribution is 6.30. The molecule has 3 N–H and O–H groups in total. The number of rotatable bonds is 3. The number of pyridine rings is 1. The molecular weight excluding hydrogens is 226 g/mol. The monoisotopic (exact) mass is 239 g/mol. The van der Waals surface area contributed by atoms with E-state index >= 15 is 0 Å². The van der Waals surface area contributed by atoms with Crippen LogP contribution in [0.4, 0.5) is 0 Å². The lowest BCUT2D eigenvalue weighted by Gasteiger charge is -2.22. The van der Waals surface area contributed by atoms with Crippen molar-refractivity contribution in [1.29, 1.82) is 0 Å². The average Bonchev–Trinajstić information content (AvgIpc) is 2.34. The minimum absolute atomic E-state index is 0.197. The molecule has 0 aromatic carbocycles. The normalized spacial score (nSPS) is 17.5. The van der Waals surface area contributed by atoms with Gasteiger partial charge in [0.25, 0.3) is 0 Å². The third-order valence-electron chi connectivity index (χ3n) is 2.46. The van der Waals surface area contributed by atoms with Crippen LogP contribution in [0.3, 0.4) is 0 Å². The molecule has 2 heterocycles. The van der Waals surface area contributed by atoms with E-state index < -0.39 is 0 Å². The van der Waals surface area contributed by atoms with Gasteiger partial charge >= 0.3 is 0 Å². The highest BCUT2D eigenvalue weighted by atomic mass is 35.5. The fourth-order valence-corrected chi connectivity index (χ4v) is 1.76. The Bertz CT molecular complexity index is 377. The quantitative estimate of drug-likeness (QED) is 0.625. The van der Waals surface area contributed by atoms with Crippen LogP contribution in [0.1, 0.15) is 24.6 Å². The van der Waals surface area contributed by atoms with E-state index in [2.05, 4.69) is 10.4 Å². The molecule has 86 valence electrons. The van der Waals surface area contributed by atoms with E-state index in [0.29, 0.717) is 5.02 Å². The molecule has 0 aliphatic carbocycles. The molecule has 1 aromatic rings. The van der Waals surface area contributed by atoms with E-state index in [1.807, 2.05) is 12.1 Å². The maximum Gasteiger partial charge on any atom is 0.120 e. The van der Waals surface area contributed by atoms with Gasteiger partial charge < -0.3 is 4.74 Å². The SMILES string of the molecule is NNC(C1=CCCCO1)c1ccc(Cl)cn1. The van der Waals surface area contributed by atoms with E-state index in [0.717, 1.165) is 30.9 Å². The fourth-order valence-electron chi connectivity index (χ4n) is 1.65. The van der Waals surface area contributed by atoms with E-state index in [9.17, 15) is 0 Å². The van der Waals surface area contributed by atoms with Gasteiger partial charge in [-0.1, -0.05) is 11.6 Å². The number of hydrogen-bond donors (Lipinski definition) is 2. The molecule has 1 aliphatic rings. The minimum Gasteiger partial charge on any atom is -0.496 e. The number of ether oxygens (including phenoxy) is 1. The number of nitrogens with zero attached hydrogens (tertiary/aromatic N) is 1. The maximum atomic E-state index is 5.79. The van der Waals surface area contributed by atoms with Crippen LogP contribution >= 0.6 is 11.6 Å². The van der Waals surface area contributed by atoms with Crippen molar-refractivity contribution in [1.82, 2.24) is 10.4 Å². The first-order chi connectivity index (χ1) is 7.81. The summed E-state index contributed by atoms with van der Waals surface area (Å²) in [7, 11) is 0. The Morgan fingerprint density at radius 2 is 2.38 bits per heavy atom. The predicted molar refractivity (Wildman–Crippen MR) is 62.6 cm³/mol. The molecule has 2 rings (SSSR count). The Morgan fingerprint density at radius 1 is 1.50 bits per heavy atom. The molecule has 0 fully saturated rings. The van der Waals surface area contributed by atoms with Crippen molar-refractivity contribution in [2.75, 3.05) is 6.61 Å². The molecule has 0 radical (unpaired) electrons. The smallest absolute Gasteiger partial charge is 0.120 e. The second-order valence-corrected chi connectivity index (χ2v) is 4.03. The highest BCUT2D eigenvalue weighted by Gasteiger charge is 2.19. The fraction of sp³-hybridized carbons (Fsp3) is 0.364. The number of hydrazine groups is 1. The second kappa shape index (κ2) is 5.30. The van der Waals surface area contributed by atoms with Crippen LogP contribution in [0.2, 0.25) is 5.02 Å². The van der Waals surface area contributed by atoms with Gasteiger partial charge in [0, 0.05) is 6.20 Å². The summed E-state index contributed by atoms with van der Waals surface area (Å²) in [5, 5.41) is 0.609. The molecule has 0 amide bonds. The molecule has 5 heteroatoms. The summed E-state index contributed by atoms with van der Waals surface area (Å²) >= 11 is 5.79. The third kappa shape index (κ3) is 2.52. The summed E-state index contributed by atoms with van der Waals surface area (Å²) in [5.41, 5.74) is 3.51. The molecular formula is C11H14ClN3O. The standard InChI is InChI=1S/C11H14ClN3O/c12-8-4-5-9(14-7-8)11(15-13)10-3-1-2-6-16-10/h3-5,7,11,15H,1-2,6,13H2. The molecule has 0 bridgehead atoms. The van der Waals surface area contributed by atoms with Gasteiger partial charge in [-0.3, -0.25) is 10.8 Å². The third-order valence-corrected chi connectivity index (χ3v) is 2.68. The summed E-state index contributed by atoms with van der Waals surface area (Å²) in [6, 6.07) is 3.43. The molecule has 1 atom stereocenters. The van der Waals surface area contributed by atoms with Crippen LogP contribution in [0.5, 0.6) is 0 Å². The van der Waals surface area contributed by atoms with E-state index in [1.165, 1.54) is 0 Å². The first-order valence-corrected chi connectivity index (χ1v) is 5.59. The van der Waals surface area contributed by atoms with Gasteiger partial charge in [0.2, 0.25) is 0 Å². The zero-order valence-corrected chi connectivity index (χ0v) is 9.57. The van der Waals surface area contributed by atoms with Crippen molar-refractivity contribution in [2.24, 2.45) is 5.84 Å². The largest absolute Gasteiger partial charge is 0.496 e. The Morgan fingerprint density at radius 3 is 2.94 bits per heavy atom. The van der Waals surface area contributed by atoms with Crippen molar-refractivity contribution in [3.05, 3.63) is 40.9 Å². The van der Waals surface area contributed by atoms with Crippen LogP contribution in [0, 0.1) is 0 Å². The average molecular weight is 240 g/mol. The van der Waals surface area contributed by atoms with E-state index in [-0.39, 0.29) is 6.04 Å². The zero-order valence-electron chi connectivity index (χ0n) is 8.82. The Balaban J connectivity index is 2.21. The van der Waals surface area contributed by atoms with Crippen LogP contribution in [-0.2, 0) is 4.74 Å². The summed E-state index contributed by atoms with van der Waals surface area (Å²) in [4.78, 5) is 4.23. The highest BCUT2D eigenvalue weighted by Crippen LogP contribution is 2.24. The van der Waals surface area contributed by atoms with E-state index in [4.69, 9.17) is 22.2 Å². The first-order valence-electron chi connectivity index (χ1n) is 5.21. The maximum absolute atomic E-state index is 5.79. The number of halogens is 1. The Hall–Kier alpha value is -1.10. The number of hydrogen-bond acceptors (Lipinski definition) is 4. The van der Waals surface area contributed by atoms with Gasteiger partial charge in [-0.25, -0.2) is 5.43 Å². The number of nitrogens with one attached hydrogen (secondary N) is 1. The van der Waals surface area contributed by atoms with Crippen molar-refractivity contribution >= 4 is 11.6 Å². The number of aromatic nitrogens is 1.